The number of H-pyrrole nitrogens is 1. The molecule has 4 heteroatoms. The molecule has 0 saturated heterocycles. The summed E-state index contributed by atoms with van der Waals surface area (Å²) in [6, 6.07) is 3.58. The molecule has 4 nitrogen and oxygen atoms in total. The molecule has 2 aromatic rings. The van der Waals surface area contributed by atoms with Crippen molar-refractivity contribution < 1.29 is 9.90 Å². The number of rotatable bonds is 1. The van der Waals surface area contributed by atoms with Crippen molar-refractivity contribution in [2.75, 3.05) is 5.73 Å². The Kier molecular flexibility index (Phi) is 1.70. The molecule has 0 aliphatic carbocycles. The molecule has 2 rings (SSSR count). The molecule has 0 fully saturated rings. The fourth-order valence-corrected chi connectivity index (χ4v) is 1.58. The maximum absolute atomic E-state index is 10.9. The molecule has 1 aromatic heterocycles. The van der Waals surface area contributed by atoms with Crippen LogP contribution in [0.3, 0.4) is 0 Å². The first-order chi connectivity index (χ1) is 6.61. The summed E-state index contributed by atoms with van der Waals surface area (Å²) in [6.45, 7) is 1.91. The molecular weight excluding hydrogens is 180 g/mol. The van der Waals surface area contributed by atoms with E-state index in [9.17, 15) is 4.79 Å². The first-order valence-electron chi connectivity index (χ1n) is 4.20. The van der Waals surface area contributed by atoms with E-state index in [-0.39, 0.29) is 5.56 Å². The van der Waals surface area contributed by atoms with Gasteiger partial charge < -0.3 is 15.8 Å². The minimum absolute atomic E-state index is 0.223. The predicted octanol–water partition coefficient (Wildman–Crippen LogP) is 1.76. The van der Waals surface area contributed by atoms with E-state index in [2.05, 4.69) is 4.98 Å². The highest BCUT2D eigenvalue weighted by Gasteiger charge is 2.13. The summed E-state index contributed by atoms with van der Waals surface area (Å²) >= 11 is 0. The molecule has 0 atom stereocenters. The molecule has 0 radical (unpaired) electrons. The van der Waals surface area contributed by atoms with Gasteiger partial charge in [0.25, 0.3) is 0 Å². The van der Waals surface area contributed by atoms with Gasteiger partial charge in [0, 0.05) is 17.3 Å². The summed E-state index contributed by atoms with van der Waals surface area (Å²) < 4.78 is 0. The van der Waals surface area contributed by atoms with E-state index in [0.29, 0.717) is 11.1 Å². The molecular formula is C10H10N2O2. The number of hydrogen-bond acceptors (Lipinski definition) is 2. The minimum atomic E-state index is -0.964. The smallest absolute Gasteiger partial charge is 0.337 e. The maximum Gasteiger partial charge on any atom is 0.337 e. The molecule has 1 heterocycles. The Labute approximate surface area is 80.3 Å². The number of carboxylic acid groups (broad SMARTS) is 1. The number of nitrogens with two attached hydrogens (primary N) is 1. The molecule has 4 N–H and O–H groups in total. The third-order valence-electron chi connectivity index (χ3n) is 2.31. The zero-order valence-corrected chi connectivity index (χ0v) is 7.66. The van der Waals surface area contributed by atoms with E-state index in [1.54, 1.807) is 6.07 Å². The molecule has 14 heavy (non-hydrogen) atoms. The number of benzene rings is 1. The number of hydrogen-bond donors (Lipinski definition) is 3. The van der Waals surface area contributed by atoms with Crippen LogP contribution in [0.5, 0.6) is 0 Å². The van der Waals surface area contributed by atoms with Crippen LogP contribution in [0, 0.1) is 6.92 Å². The lowest BCUT2D eigenvalue weighted by molar-refractivity contribution is 0.0699. The third-order valence-corrected chi connectivity index (χ3v) is 2.31. The average molecular weight is 190 g/mol. The van der Waals surface area contributed by atoms with Gasteiger partial charge in [-0.05, 0) is 18.6 Å². The Balaban J connectivity index is 2.90. The number of aromatic amines is 1. The van der Waals surface area contributed by atoms with Gasteiger partial charge >= 0.3 is 5.97 Å². The molecule has 0 bridgehead atoms. The largest absolute Gasteiger partial charge is 0.478 e. The Morgan fingerprint density at radius 2 is 2.21 bits per heavy atom. The average Bonchev–Trinajstić information content (AvgIpc) is 2.56. The van der Waals surface area contributed by atoms with Crippen LogP contribution in [0.25, 0.3) is 10.9 Å². The lowest BCUT2D eigenvalue weighted by atomic mass is 10.1. The van der Waals surface area contributed by atoms with Gasteiger partial charge in [-0.25, -0.2) is 4.79 Å². The number of aryl methyl sites for hydroxylation is 1. The van der Waals surface area contributed by atoms with Crippen molar-refractivity contribution >= 4 is 22.6 Å². The highest BCUT2D eigenvalue weighted by molar-refractivity contribution is 6.08. The second kappa shape index (κ2) is 2.77. The Hall–Kier alpha value is -1.97. The lowest BCUT2D eigenvalue weighted by Crippen LogP contribution is -1.96. The van der Waals surface area contributed by atoms with Gasteiger partial charge in [0.05, 0.1) is 11.1 Å². The fourth-order valence-electron chi connectivity index (χ4n) is 1.58. The number of carboxylic acids is 1. The third kappa shape index (κ3) is 1.04. The van der Waals surface area contributed by atoms with Crippen molar-refractivity contribution in [1.82, 2.24) is 4.98 Å². The van der Waals surface area contributed by atoms with Crippen LogP contribution in [0.2, 0.25) is 0 Å². The van der Waals surface area contributed by atoms with Crippen LogP contribution < -0.4 is 5.73 Å². The molecule has 0 amide bonds. The quantitative estimate of drug-likeness (QED) is 0.599. The number of aromatic nitrogens is 1. The van der Waals surface area contributed by atoms with E-state index in [1.165, 1.54) is 6.20 Å². The Morgan fingerprint density at radius 3 is 2.86 bits per heavy atom. The summed E-state index contributed by atoms with van der Waals surface area (Å²) in [5.74, 6) is -0.964. The van der Waals surface area contributed by atoms with E-state index < -0.39 is 5.97 Å². The highest BCUT2D eigenvalue weighted by Crippen LogP contribution is 2.26. The van der Waals surface area contributed by atoms with E-state index in [4.69, 9.17) is 10.8 Å². The number of fused-ring (bicyclic) bond motifs is 1. The summed E-state index contributed by atoms with van der Waals surface area (Å²) in [4.78, 5) is 13.8. The standard InChI is InChI=1S/C10H10N2O2/c1-5-2-3-7(11)8-6(10(13)14)4-12-9(5)8/h2-4,12H,11H2,1H3,(H,13,14). The number of carbonyl (C=O) groups is 1. The second-order valence-corrected chi connectivity index (χ2v) is 3.23. The second-order valence-electron chi connectivity index (χ2n) is 3.23. The van der Waals surface area contributed by atoms with Gasteiger partial charge in [0.1, 0.15) is 0 Å². The molecule has 0 unspecified atom stereocenters. The van der Waals surface area contributed by atoms with Crippen molar-refractivity contribution in [3.63, 3.8) is 0 Å². The molecule has 0 spiro atoms. The zero-order chi connectivity index (χ0) is 10.3. The molecule has 0 aliphatic heterocycles. The van der Waals surface area contributed by atoms with Gasteiger partial charge in [-0.1, -0.05) is 6.07 Å². The van der Waals surface area contributed by atoms with Crippen LogP contribution in [-0.4, -0.2) is 16.1 Å². The Bertz CT molecular complexity index is 514. The monoisotopic (exact) mass is 190 g/mol. The van der Waals surface area contributed by atoms with Crippen LogP contribution in [0.4, 0.5) is 5.69 Å². The molecule has 1 aromatic carbocycles. The van der Waals surface area contributed by atoms with Crippen molar-refractivity contribution in [3.05, 3.63) is 29.5 Å². The van der Waals surface area contributed by atoms with Crippen molar-refractivity contribution in [1.29, 1.82) is 0 Å². The van der Waals surface area contributed by atoms with Gasteiger partial charge in [-0.3, -0.25) is 0 Å². The van der Waals surface area contributed by atoms with Crippen molar-refractivity contribution in [2.45, 2.75) is 6.92 Å². The minimum Gasteiger partial charge on any atom is -0.478 e. The zero-order valence-electron chi connectivity index (χ0n) is 7.66. The summed E-state index contributed by atoms with van der Waals surface area (Å²) in [5.41, 5.74) is 8.22. The summed E-state index contributed by atoms with van der Waals surface area (Å²) in [6.07, 6.45) is 1.47. The maximum atomic E-state index is 10.9. The van der Waals surface area contributed by atoms with Crippen LogP contribution in [0.15, 0.2) is 18.3 Å². The van der Waals surface area contributed by atoms with Crippen LogP contribution in [0.1, 0.15) is 15.9 Å². The molecule has 0 saturated carbocycles. The highest BCUT2D eigenvalue weighted by atomic mass is 16.4. The van der Waals surface area contributed by atoms with E-state index in [1.807, 2.05) is 13.0 Å². The predicted molar refractivity (Wildman–Crippen MR) is 54.4 cm³/mol. The van der Waals surface area contributed by atoms with Gasteiger partial charge in [0.15, 0.2) is 0 Å². The first-order valence-corrected chi connectivity index (χ1v) is 4.20. The number of nitrogen functional groups attached to an aromatic ring is 1. The molecule has 72 valence electrons. The fraction of sp³-hybridized carbons (Fsp3) is 0.100. The number of nitrogens with one attached hydrogen (secondary N) is 1. The summed E-state index contributed by atoms with van der Waals surface area (Å²) in [5, 5.41) is 9.51. The number of anilines is 1. The van der Waals surface area contributed by atoms with Gasteiger partial charge in [-0.15, -0.1) is 0 Å². The topological polar surface area (TPSA) is 79.1 Å². The van der Waals surface area contributed by atoms with Gasteiger partial charge in [-0.2, -0.15) is 0 Å². The van der Waals surface area contributed by atoms with E-state index in [0.717, 1.165) is 11.1 Å². The lowest BCUT2D eigenvalue weighted by Gasteiger charge is -2.00. The van der Waals surface area contributed by atoms with Crippen molar-refractivity contribution in [2.24, 2.45) is 0 Å². The normalized spacial score (nSPS) is 10.6. The van der Waals surface area contributed by atoms with Crippen LogP contribution >= 0.6 is 0 Å². The first kappa shape index (κ1) is 8.62. The molecule has 0 aliphatic rings. The van der Waals surface area contributed by atoms with E-state index >= 15 is 0 Å². The SMILES string of the molecule is Cc1ccc(N)c2c(C(=O)O)c[nH]c12. The van der Waals surface area contributed by atoms with Crippen LogP contribution in [-0.2, 0) is 0 Å². The number of aromatic carboxylic acids is 1. The Morgan fingerprint density at radius 1 is 1.50 bits per heavy atom. The van der Waals surface area contributed by atoms with Crippen molar-refractivity contribution in [3.8, 4) is 0 Å². The van der Waals surface area contributed by atoms with Gasteiger partial charge in [0.2, 0.25) is 0 Å². The summed E-state index contributed by atoms with van der Waals surface area (Å²) in [7, 11) is 0.